The molecule has 1 atom stereocenters. The second kappa shape index (κ2) is 5.63. The highest BCUT2D eigenvalue weighted by Gasteiger charge is 2.19. The first-order chi connectivity index (χ1) is 6.41. The molecule has 0 bridgehead atoms. The minimum atomic E-state index is -0.188. The van der Waals surface area contributed by atoms with Crippen molar-refractivity contribution >= 4 is 5.97 Å². The standard InChI is InChI=1S/C12H20O2/c1-6-8-10(3)14-11(13)9-12(4,5)7-2/h6-8,10H,2,9H2,1,3-5H3. The molecule has 14 heavy (non-hydrogen) atoms. The Morgan fingerprint density at radius 2 is 2.14 bits per heavy atom. The molecule has 0 aromatic heterocycles. The first-order valence-corrected chi connectivity index (χ1v) is 4.87. The predicted molar refractivity (Wildman–Crippen MR) is 59.0 cm³/mol. The molecule has 2 nitrogen and oxygen atoms in total. The van der Waals surface area contributed by atoms with Crippen LogP contribution in [0.2, 0.25) is 0 Å². The number of ether oxygens (including phenoxy) is 1. The lowest BCUT2D eigenvalue weighted by Crippen LogP contribution is -2.19. The molecule has 0 fully saturated rings. The molecule has 0 aliphatic carbocycles. The van der Waals surface area contributed by atoms with Crippen LogP contribution >= 0.6 is 0 Å². The summed E-state index contributed by atoms with van der Waals surface area (Å²) in [6, 6.07) is 0. The fourth-order valence-corrected chi connectivity index (χ4v) is 1.00. The zero-order valence-corrected chi connectivity index (χ0v) is 9.54. The van der Waals surface area contributed by atoms with Crippen LogP contribution < -0.4 is 0 Å². The quantitative estimate of drug-likeness (QED) is 0.499. The number of carbonyl (C=O) groups excluding carboxylic acids is 1. The number of hydrogen-bond acceptors (Lipinski definition) is 2. The summed E-state index contributed by atoms with van der Waals surface area (Å²) in [6.45, 7) is 11.3. The maximum Gasteiger partial charge on any atom is 0.307 e. The van der Waals surface area contributed by atoms with Gasteiger partial charge in [0.05, 0.1) is 6.42 Å². The van der Waals surface area contributed by atoms with Gasteiger partial charge < -0.3 is 4.74 Å². The van der Waals surface area contributed by atoms with Crippen molar-refractivity contribution in [2.45, 2.75) is 40.2 Å². The monoisotopic (exact) mass is 196 g/mol. The molecule has 0 saturated carbocycles. The van der Waals surface area contributed by atoms with Gasteiger partial charge in [-0.3, -0.25) is 4.79 Å². The fourth-order valence-electron chi connectivity index (χ4n) is 1.00. The van der Waals surface area contributed by atoms with Crippen LogP contribution in [0.25, 0.3) is 0 Å². The number of rotatable bonds is 5. The van der Waals surface area contributed by atoms with Gasteiger partial charge in [0, 0.05) is 0 Å². The van der Waals surface area contributed by atoms with E-state index in [2.05, 4.69) is 6.58 Å². The largest absolute Gasteiger partial charge is 0.458 e. The second-order valence-corrected chi connectivity index (χ2v) is 4.09. The minimum absolute atomic E-state index is 0.145. The Morgan fingerprint density at radius 3 is 2.57 bits per heavy atom. The average molecular weight is 196 g/mol. The summed E-state index contributed by atoms with van der Waals surface area (Å²) in [4.78, 5) is 11.4. The van der Waals surface area contributed by atoms with Gasteiger partial charge in [0.15, 0.2) is 0 Å². The number of esters is 1. The lowest BCUT2D eigenvalue weighted by Gasteiger charge is -2.19. The van der Waals surface area contributed by atoms with E-state index in [1.54, 1.807) is 6.08 Å². The highest BCUT2D eigenvalue weighted by Crippen LogP contribution is 2.22. The first-order valence-electron chi connectivity index (χ1n) is 4.87. The maximum atomic E-state index is 11.4. The maximum absolute atomic E-state index is 11.4. The van der Waals surface area contributed by atoms with Crippen molar-refractivity contribution in [1.82, 2.24) is 0 Å². The van der Waals surface area contributed by atoms with Crippen LogP contribution in [0.1, 0.15) is 34.1 Å². The van der Waals surface area contributed by atoms with E-state index in [4.69, 9.17) is 4.74 Å². The van der Waals surface area contributed by atoms with Crippen LogP contribution in [0.5, 0.6) is 0 Å². The van der Waals surface area contributed by atoms with Crippen LogP contribution in [0.3, 0.4) is 0 Å². The molecule has 0 aliphatic rings. The van der Waals surface area contributed by atoms with E-state index in [9.17, 15) is 4.79 Å². The van der Waals surface area contributed by atoms with Crippen molar-refractivity contribution in [3.63, 3.8) is 0 Å². The smallest absolute Gasteiger partial charge is 0.307 e. The number of carbonyl (C=O) groups is 1. The van der Waals surface area contributed by atoms with Crippen LogP contribution in [0, 0.1) is 5.41 Å². The molecule has 0 aromatic rings. The summed E-state index contributed by atoms with van der Waals surface area (Å²) < 4.78 is 5.15. The van der Waals surface area contributed by atoms with E-state index in [0.717, 1.165) is 0 Å². The van der Waals surface area contributed by atoms with Gasteiger partial charge >= 0.3 is 5.97 Å². The lowest BCUT2D eigenvalue weighted by atomic mass is 9.90. The molecule has 0 amide bonds. The third kappa shape index (κ3) is 5.57. The summed E-state index contributed by atoms with van der Waals surface area (Å²) >= 11 is 0. The predicted octanol–water partition coefficient (Wildman–Crippen LogP) is 3.10. The summed E-state index contributed by atoms with van der Waals surface area (Å²) in [5, 5.41) is 0. The van der Waals surface area contributed by atoms with Crippen molar-refractivity contribution in [1.29, 1.82) is 0 Å². The van der Waals surface area contributed by atoms with E-state index in [-0.39, 0.29) is 17.5 Å². The Morgan fingerprint density at radius 1 is 1.57 bits per heavy atom. The van der Waals surface area contributed by atoms with Crippen molar-refractivity contribution in [2.75, 3.05) is 0 Å². The summed E-state index contributed by atoms with van der Waals surface area (Å²) in [5.74, 6) is -0.180. The number of hydrogen-bond donors (Lipinski definition) is 0. The van der Waals surface area contributed by atoms with Crippen molar-refractivity contribution in [3.05, 3.63) is 24.8 Å². The zero-order chi connectivity index (χ0) is 11.2. The van der Waals surface area contributed by atoms with Crippen molar-refractivity contribution < 1.29 is 9.53 Å². The molecular formula is C12H20O2. The Bertz CT molecular complexity index is 226. The van der Waals surface area contributed by atoms with Crippen LogP contribution in [0.4, 0.5) is 0 Å². The Kier molecular flexibility index (Phi) is 5.21. The molecule has 0 aromatic carbocycles. The molecule has 0 rings (SSSR count). The third-order valence-corrected chi connectivity index (χ3v) is 1.93. The van der Waals surface area contributed by atoms with Gasteiger partial charge in [-0.1, -0.05) is 26.0 Å². The fraction of sp³-hybridized carbons (Fsp3) is 0.583. The number of allylic oxidation sites excluding steroid dienone is 2. The van der Waals surface area contributed by atoms with Gasteiger partial charge in [0.25, 0.3) is 0 Å². The Balaban J connectivity index is 4.05. The van der Waals surface area contributed by atoms with Gasteiger partial charge in [-0.15, -0.1) is 6.58 Å². The van der Waals surface area contributed by atoms with E-state index < -0.39 is 0 Å². The molecule has 0 spiro atoms. The lowest BCUT2D eigenvalue weighted by molar-refractivity contribution is -0.147. The third-order valence-electron chi connectivity index (χ3n) is 1.93. The van der Waals surface area contributed by atoms with Crippen LogP contribution in [-0.4, -0.2) is 12.1 Å². The van der Waals surface area contributed by atoms with Gasteiger partial charge in [0.2, 0.25) is 0 Å². The van der Waals surface area contributed by atoms with Gasteiger partial charge in [0.1, 0.15) is 6.10 Å². The van der Waals surface area contributed by atoms with Crippen LogP contribution in [-0.2, 0) is 9.53 Å². The molecule has 0 aliphatic heterocycles. The topological polar surface area (TPSA) is 26.3 Å². The SMILES string of the molecule is C=CC(C)(C)CC(=O)OC(C)C=CC. The highest BCUT2D eigenvalue weighted by atomic mass is 16.5. The van der Waals surface area contributed by atoms with E-state index in [0.29, 0.717) is 6.42 Å². The second-order valence-electron chi connectivity index (χ2n) is 4.09. The molecule has 2 heteroatoms. The Labute approximate surface area is 86.6 Å². The van der Waals surface area contributed by atoms with E-state index in [1.807, 2.05) is 39.8 Å². The molecule has 0 radical (unpaired) electrons. The first kappa shape index (κ1) is 12.9. The average Bonchev–Trinajstić information content (AvgIpc) is 2.03. The van der Waals surface area contributed by atoms with Gasteiger partial charge in [-0.25, -0.2) is 0 Å². The summed E-state index contributed by atoms with van der Waals surface area (Å²) in [5.41, 5.74) is -0.188. The van der Waals surface area contributed by atoms with Crippen molar-refractivity contribution in [3.8, 4) is 0 Å². The minimum Gasteiger partial charge on any atom is -0.458 e. The molecule has 0 heterocycles. The highest BCUT2D eigenvalue weighted by molar-refractivity contribution is 5.70. The molecular weight excluding hydrogens is 176 g/mol. The van der Waals surface area contributed by atoms with Gasteiger partial charge in [-0.05, 0) is 25.3 Å². The van der Waals surface area contributed by atoms with Crippen LogP contribution in [0.15, 0.2) is 24.8 Å². The normalized spacial score (nSPS) is 14.0. The van der Waals surface area contributed by atoms with E-state index in [1.165, 1.54) is 0 Å². The van der Waals surface area contributed by atoms with Crippen molar-refractivity contribution in [2.24, 2.45) is 5.41 Å². The molecule has 1 unspecified atom stereocenters. The zero-order valence-electron chi connectivity index (χ0n) is 9.54. The molecule has 0 saturated heterocycles. The summed E-state index contributed by atoms with van der Waals surface area (Å²) in [6.07, 6.45) is 5.72. The molecule has 80 valence electrons. The Hall–Kier alpha value is -1.05. The molecule has 0 N–H and O–H groups in total. The van der Waals surface area contributed by atoms with Gasteiger partial charge in [-0.2, -0.15) is 0 Å². The summed E-state index contributed by atoms with van der Waals surface area (Å²) in [7, 11) is 0. The van der Waals surface area contributed by atoms with E-state index >= 15 is 0 Å².